The first-order valence-electron chi connectivity index (χ1n) is 7.17. The van der Waals surface area contributed by atoms with Gasteiger partial charge in [0.25, 0.3) is 6.26 Å². The van der Waals surface area contributed by atoms with Crippen molar-refractivity contribution >= 4 is 8.80 Å². The van der Waals surface area contributed by atoms with Crippen LogP contribution >= 0.6 is 0 Å². The zero-order chi connectivity index (χ0) is 14.4. The van der Waals surface area contributed by atoms with E-state index < -0.39 is 8.80 Å². The highest BCUT2D eigenvalue weighted by Gasteiger charge is 2.40. The maximum atomic E-state index is 8.37. The standard InChI is InChI=1S/C13H27NO4Si/c1-4-8-16-19(17-9-5-2,18-10-6-3)12-7-11-15-13-14/h4-12H2,1-3H3. The van der Waals surface area contributed by atoms with Gasteiger partial charge in [0.15, 0.2) is 0 Å². The summed E-state index contributed by atoms with van der Waals surface area (Å²) in [6.45, 7) is 8.55. The Morgan fingerprint density at radius 3 is 1.68 bits per heavy atom. The second-order valence-electron chi connectivity index (χ2n) is 4.27. The molecule has 0 aromatic rings. The summed E-state index contributed by atoms with van der Waals surface area (Å²) in [5.74, 6) is 0. The lowest BCUT2D eigenvalue weighted by Crippen LogP contribution is -2.46. The number of nitrogens with zero attached hydrogens (tertiary/aromatic N) is 1. The molecule has 0 amide bonds. The average Bonchev–Trinajstić information content (AvgIpc) is 2.44. The first kappa shape index (κ1) is 18.4. The lowest BCUT2D eigenvalue weighted by Gasteiger charge is -2.29. The molecule has 0 saturated carbocycles. The van der Waals surface area contributed by atoms with Gasteiger partial charge in [0, 0.05) is 25.9 Å². The molecular weight excluding hydrogens is 262 g/mol. The highest BCUT2D eigenvalue weighted by molar-refractivity contribution is 6.60. The second-order valence-corrected chi connectivity index (χ2v) is 7.00. The SMILES string of the molecule is CCCO[Si](CCCOC#N)(OCCC)OCCC. The molecule has 19 heavy (non-hydrogen) atoms. The van der Waals surface area contributed by atoms with E-state index in [1.807, 2.05) is 0 Å². The van der Waals surface area contributed by atoms with Gasteiger partial charge in [0.2, 0.25) is 0 Å². The Bertz CT molecular complexity index is 224. The smallest absolute Gasteiger partial charge is 0.428 e. The monoisotopic (exact) mass is 289 g/mol. The van der Waals surface area contributed by atoms with Gasteiger partial charge in [-0.2, -0.15) is 5.26 Å². The van der Waals surface area contributed by atoms with Crippen LogP contribution in [0.2, 0.25) is 6.04 Å². The summed E-state index contributed by atoms with van der Waals surface area (Å²) in [5.41, 5.74) is 0. The van der Waals surface area contributed by atoms with E-state index >= 15 is 0 Å². The third-order valence-electron chi connectivity index (χ3n) is 2.37. The molecule has 0 aliphatic carbocycles. The Hall–Kier alpha value is -0.613. The molecule has 112 valence electrons. The van der Waals surface area contributed by atoms with Gasteiger partial charge >= 0.3 is 8.80 Å². The molecule has 0 aromatic heterocycles. The molecule has 6 heteroatoms. The highest BCUT2D eigenvalue weighted by Crippen LogP contribution is 2.19. The summed E-state index contributed by atoms with van der Waals surface area (Å²) in [4.78, 5) is 0. The van der Waals surface area contributed by atoms with Crippen molar-refractivity contribution in [1.82, 2.24) is 0 Å². The Morgan fingerprint density at radius 1 is 0.842 bits per heavy atom. The fraction of sp³-hybridized carbons (Fsp3) is 0.923. The molecule has 0 spiro atoms. The zero-order valence-electron chi connectivity index (χ0n) is 12.4. The average molecular weight is 289 g/mol. The Kier molecular flexibility index (Phi) is 12.0. The number of ether oxygens (including phenoxy) is 1. The summed E-state index contributed by atoms with van der Waals surface area (Å²) in [6, 6.07) is 0.703. The number of rotatable bonds is 13. The van der Waals surface area contributed by atoms with Crippen LogP contribution in [0.15, 0.2) is 0 Å². The minimum Gasteiger partial charge on any atom is -0.428 e. The van der Waals surface area contributed by atoms with Gasteiger partial charge in [-0.25, -0.2) is 0 Å². The summed E-state index contributed by atoms with van der Waals surface area (Å²) in [7, 11) is -2.60. The summed E-state index contributed by atoms with van der Waals surface area (Å²) in [6.07, 6.45) is 5.21. The van der Waals surface area contributed by atoms with Crippen LogP contribution in [0.25, 0.3) is 0 Å². The molecule has 0 fully saturated rings. The number of nitriles is 1. The molecule has 0 saturated heterocycles. The molecule has 0 unspecified atom stereocenters. The van der Waals surface area contributed by atoms with Crippen molar-refractivity contribution in [2.75, 3.05) is 26.4 Å². The fourth-order valence-electron chi connectivity index (χ4n) is 1.52. The molecule has 5 nitrogen and oxygen atoms in total. The second kappa shape index (κ2) is 12.4. The van der Waals surface area contributed by atoms with Crippen LogP contribution in [0, 0.1) is 11.5 Å². The van der Waals surface area contributed by atoms with Crippen LogP contribution in [-0.4, -0.2) is 35.2 Å². The van der Waals surface area contributed by atoms with E-state index in [9.17, 15) is 0 Å². The van der Waals surface area contributed by atoms with E-state index in [2.05, 4.69) is 20.8 Å². The lowest BCUT2D eigenvalue weighted by molar-refractivity contribution is 0.0574. The summed E-state index contributed by atoms with van der Waals surface area (Å²) < 4.78 is 22.5. The van der Waals surface area contributed by atoms with Crippen molar-refractivity contribution in [1.29, 1.82) is 5.26 Å². The molecule has 0 aliphatic heterocycles. The van der Waals surface area contributed by atoms with Crippen LogP contribution in [0.4, 0.5) is 0 Å². The molecule has 0 rings (SSSR count). The van der Waals surface area contributed by atoms with Gasteiger partial charge in [0.1, 0.15) is 6.61 Å². The van der Waals surface area contributed by atoms with Gasteiger partial charge in [-0.1, -0.05) is 20.8 Å². The highest BCUT2D eigenvalue weighted by atomic mass is 28.4. The van der Waals surface area contributed by atoms with E-state index in [1.54, 1.807) is 6.26 Å². The van der Waals surface area contributed by atoms with Crippen LogP contribution in [-0.2, 0) is 18.0 Å². The van der Waals surface area contributed by atoms with Crippen molar-refractivity contribution in [3.05, 3.63) is 0 Å². The Balaban J connectivity index is 4.43. The van der Waals surface area contributed by atoms with Gasteiger partial charge in [0.05, 0.1) is 0 Å². The minimum atomic E-state index is -2.60. The molecule has 0 bridgehead atoms. The van der Waals surface area contributed by atoms with Crippen molar-refractivity contribution < 1.29 is 18.0 Å². The maximum Gasteiger partial charge on any atom is 0.501 e. The van der Waals surface area contributed by atoms with E-state index in [0.717, 1.165) is 25.7 Å². The van der Waals surface area contributed by atoms with E-state index in [4.69, 9.17) is 23.3 Å². The zero-order valence-corrected chi connectivity index (χ0v) is 13.4. The molecule has 0 N–H and O–H groups in total. The predicted molar refractivity (Wildman–Crippen MR) is 75.5 cm³/mol. The maximum absolute atomic E-state index is 8.37. The van der Waals surface area contributed by atoms with Crippen molar-refractivity contribution in [2.45, 2.75) is 52.5 Å². The van der Waals surface area contributed by atoms with Crippen LogP contribution in [0.5, 0.6) is 0 Å². The molecule has 0 aromatic carbocycles. The van der Waals surface area contributed by atoms with Crippen molar-refractivity contribution in [3.63, 3.8) is 0 Å². The largest absolute Gasteiger partial charge is 0.501 e. The van der Waals surface area contributed by atoms with Gasteiger partial charge in [-0.3, -0.25) is 0 Å². The minimum absolute atomic E-state index is 0.395. The van der Waals surface area contributed by atoms with Gasteiger partial charge < -0.3 is 18.0 Å². The lowest BCUT2D eigenvalue weighted by atomic mass is 10.5. The third-order valence-corrected chi connectivity index (χ3v) is 5.27. The molecule has 0 radical (unpaired) electrons. The molecule has 0 atom stereocenters. The Labute approximate surface area is 118 Å². The molecular formula is C13H27NO4Si. The molecule has 0 heterocycles. The van der Waals surface area contributed by atoms with E-state index in [1.165, 1.54) is 0 Å². The van der Waals surface area contributed by atoms with E-state index in [0.29, 0.717) is 32.5 Å². The topological polar surface area (TPSA) is 60.7 Å². The molecule has 0 aliphatic rings. The predicted octanol–water partition coefficient (Wildman–Crippen LogP) is 3.09. The van der Waals surface area contributed by atoms with E-state index in [-0.39, 0.29) is 0 Å². The first-order chi connectivity index (χ1) is 9.24. The first-order valence-corrected chi connectivity index (χ1v) is 9.10. The third kappa shape index (κ3) is 9.00. The Morgan fingerprint density at radius 2 is 1.32 bits per heavy atom. The van der Waals surface area contributed by atoms with Crippen molar-refractivity contribution in [3.8, 4) is 6.26 Å². The summed E-state index contributed by atoms with van der Waals surface area (Å²) in [5, 5.41) is 8.37. The number of hydrogen-bond acceptors (Lipinski definition) is 5. The van der Waals surface area contributed by atoms with Gasteiger partial charge in [-0.05, 0) is 25.7 Å². The van der Waals surface area contributed by atoms with Crippen LogP contribution in [0.1, 0.15) is 46.5 Å². The normalized spacial score (nSPS) is 11.3. The summed E-state index contributed by atoms with van der Waals surface area (Å²) >= 11 is 0. The van der Waals surface area contributed by atoms with Crippen molar-refractivity contribution in [2.24, 2.45) is 0 Å². The van der Waals surface area contributed by atoms with Crippen LogP contribution < -0.4 is 0 Å². The van der Waals surface area contributed by atoms with Crippen LogP contribution in [0.3, 0.4) is 0 Å². The fourth-order valence-corrected chi connectivity index (χ4v) is 4.33. The number of hydrogen-bond donors (Lipinski definition) is 0. The quantitative estimate of drug-likeness (QED) is 0.296. The van der Waals surface area contributed by atoms with Gasteiger partial charge in [-0.15, -0.1) is 0 Å².